The lowest BCUT2D eigenvalue weighted by atomic mass is 10.1. The first-order valence-electron chi connectivity index (χ1n) is 9.78. The Morgan fingerprint density at radius 1 is 1.28 bits per heavy atom. The van der Waals surface area contributed by atoms with Crippen molar-refractivity contribution in [1.82, 2.24) is 29.9 Å². The summed E-state index contributed by atoms with van der Waals surface area (Å²) in [6.07, 6.45) is 5.30. The van der Waals surface area contributed by atoms with Gasteiger partial charge < -0.3 is 10.1 Å². The van der Waals surface area contributed by atoms with Crippen LogP contribution in [0.4, 0.5) is 5.69 Å². The van der Waals surface area contributed by atoms with Crippen molar-refractivity contribution in [3.8, 4) is 17.0 Å². The first kappa shape index (κ1) is 18.9. The van der Waals surface area contributed by atoms with Crippen molar-refractivity contribution in [1.29, 1.82) is 0 Å². The summed E-state index contributed by atoms with van der Waals surface area (Å²) in [7, 11) is 0. The molecule has 0 amide bonds. The molecule has 0 bridgehead atoms. The third-order valence-electron chi connectivity index (χ3n) is 4.69. The first-order valence-corrected chi connectivity index (χ1v) is 9.78. The third kappa shape index (κ3) is 3.65. The van der Waals surface area contributed by atoms with Gasteiger partial charge in [0.05, 0.1) is 42.1 Å². The van der Waals surface area contributed by atoms with Crippen molar-refractivity contribution in [3.05, 3.63) is 48.2 Å². The molecule has 4 aromatic heterocycles. The van der Waals surface area contributed by atoms with Crippen LogP contribution in [0.5, 0.6) is 5.75 Å². The molecule has 0 aromatic carbocycles. The molecule has 0 spiro atoms. The highest BCUT2D eigenvalue weighted by atomic mass is 16.5. The molecule has 29 heavy (non-hydrogen) atoms. The lowest BCUT2D eigenvalue weighted by molar-refractivity contribution is 0.340. The van der Waals surface area contributed by atoms with Crippen molar-refractivity contribution in [2.75, 3.05) is 11.9 Å². The van der Waals surface area contributed by atoms with Gasteiger partial charge in [-0.1, -0.05) is 0 Å². The van der Waals surface area contributed by atoms with Crippen molar-refractivity contribution in [2.24, 2.45) is 0 Å². The molecular weight excluding hydrogens is 366 g/mol. The number of aromatic amines is 1. The van der Waals surface area contributed by atoms with Crippen LogP contribution in [0.3, 0.4) is 0 Å². The highest BCUT2D eigenvalue weighted by Gasteiger charge is 2.19. The minimum absolute atomic E-state index is 0.213. The molecular formula is C21H25N7O. The number of ether oxygens (including phenoxy) is 1. The summed E-state index contributed by atoms with van der Waals surface area (Å²) in [5, 5.41) is 15.3. The Hall–Kier alpha value is -3.42. The molecule has 4 rings (SSSR count). The second-order valence-electron chi connectivity index (χ2n) is 7.10. The van der Waals surface area contributed by atoms with E-state index in [1.165, 1.54) is 0 Å². The van der Waals surface area contributed by atoms with Crippen molar-refractivity contribution in [2.45, 2.75) is 40.3 Å². The molecule has 0 aliphatic carbocycles. The van der Waals surface area contributed by atoms with Crippen LogP contribution in [0.1, 0.15) is 38.2 Å². The minimum atomic E-state index is 0.213. The monoisotopic (exact) mass is 391 g/mol. The minimum Gasteiger partial charge on any atom is -0.492 e. The SMILES string of the molecule is CCOc1cnccc1-c1cc(NCc2cc[nH]n2)c2c(n1)c(C)nn2C(C)C. The lowest BCUT2D eigenvalue weighted by Crippen LogP contribution is -2.07. The predicted octanol–water partition coefficient (Wildman–Crippen LogP) is 4.12. The molecule has 0 atom stereocenters. The van der Waals surface area contributed by atoms with E-state index in [2.05, 4.69) is 34.3 Å². The number of hydrogen-bond donors (Lipinski definition) is 2. The fraction of sp³-hybridized carbons (Fsp3) is 0.333. The van der Waals surface area contributed by atoms with Crippen LogP contribution in [0.15, 0.2) is 36.8 Å². The van der Waals surface area contributed by atoms with Crippen LogP contribution in [0, 0.1) is 6.92 Å². The van der Waals surface area contributed by atoms with E-state index in [9.17, 15) is 0 Å². The summed E-state index contributed by atoms with van der Waals surface area (Å²) < 4.78 is 7.80. The zero-order chi connectivity index (χ0) is 20.4. The molecule has 0 unspecified atom stereocenters. The average molecular weight is 391 g/mol. The molecule has 0 radical (unpaired) electrons. The van der Waals surface area contributed by atoms with E-state index in [1.54, 1.807) is 12.4 Å². The summed E-state index contributed by atoms with van der Waals surface area (Å²) in [4.78, 5) is 9.14. The largest absolute Gasteiger partial charge is 0.492 e. The van der Waals surface area contributed by atoms with Gasteiger partial charge in [-0.3, -0.25) is 14.8 Å². The molecule has 0 aliphatic heterocycles. The average Bonchev–Trinajstić information content (AvgIpc) is 3.35. The Balaban J connectivity index is 1.88. The second kappa shape index (κ2) is 7.90. The van der Waals surface area contributed by atoms with Gasteiger partial charge >= 0.3 is 0 Å². The van der Waals surface area contributed by atoms with Gasteiger partial charge in [0, 0.05) is 24.0 Å². The van der Waals surface area contributed by atoms with Gasteiger partial charge in [0.1, 0.15) is 16.8 Å². The van der Waals surface area contributed by atoms with E-state index in [0.717, 1.165) is 39.4 Å². The molecule has 150 valence electrons. The number of nitrogens with one attached hydrogen (secondary N) is 2. The van der Waals surface area contributed by atoms with Crippen LogP contribution < -0.4 is 10.1 Å². The molecule has 0 fully saturated rings. The van der Waals surface area contributed by atoms with Gasteiger partial charge in [-0.2, -0.15) is 10.2 Å². The molecule has 8 nitrogen and oxygen atoms in total. The summed E-state index contributed by atoms with van der Waals surface area (Å²) in [5.41, 5.74) is 6.38. The van der Waals surface area contributed by atoms with Crippen molar-refractivity contribution < 1.29 is 4.74 Å². The zero-order valence-electron chi connectivity index (χ0n) is 17.1. The Morgan fingerprint density at radius 3 is 2.86 bits per heavy atom. The van der Waals surface area contributed by atoms with E-state index in [4.69, 9.17) is 14.8 Å². The Kier molecular flexibility index (Phi) is 5.16. The molecule has 0 saturated carbocycles. The van der Waals surface area contributed by atoms with E-state index in [-0.39, 0.29) is 6.04 Å². The quantitative estimate of drug-likeness (QED) is 0.492. The third-order valence-corrected chi connectivity index (χ3v) is 4.69. The van der Waals surface area contributed by atoms with Crippen LogP contribution in [0.25, 0.3) is 22.3 Å². The summed E-state index contributed by atoms with van der Waals surface area (Å²) >= 11 is 0. The van der Waals surface area contributed by atoms with Gasteiger partial charge in [-0.25, -0.2) is 4.98 Å². The number of aryl methyl sites for hydroxylation is 1. The standard InChI is InChI=1S/C21H25N7O/c1-5-29-19-12-22-8-7-16(19)17-10-18(23-11-15-6-9-24-26-15)21-20(25-17)14(4)27-28(21)13(2)3/h6-10,12-13H,5,11H2,1-4H3,(H,23,25)(H,24,26). The zero-order valence-corrected chi connectivity index (χ0v) is 17.1. The van der Waals surface area contributed by atoms with Crippen LogP contribution in [-0.4, -0.2) is 36.6 Å². The van der Waals surface area contributed by atoms with E-state index in [1.807, 2.05) is 42.9 Å². The number of fused-ring (bicyclic) bond motifs is 1. The molecule has 2 N–H and O–H groups in total. The highest BCUT2D eigenvalue weighted by Crippen LogP contribution is 2.35. The number of aromatic nitrogens is 6. The molecule has 0 aliphatic rings. The fourth-order valence-electron chi connectivity index (χ4n) is 3.37. The Labute approximate surface area is 169 Å². The summed E-state index contributed by atoms with van der Waals surface area (Å²) in [5.74, 6) is 0.717. The number of H-pyrrole nitrogens is 1. The van der Waals surface area contributed by atoms with Crippen LogP contribution in [-0.2, 0) is 6.54 Å². The molecule has 4 aromatic rings. The van der Waals surface area contributed by atoms with Crippen LogP contribution >= 0.6 is 0 Å². The lowest BCUT2D eigenvalue weighted by Gasteiger charge is -2.15. The summed E-state index contributed by atoms with van der Waals surface area (Å²) in [6.45, 7) is 9.35. The normalized spacial score (nSPS) is 11.3. The van der Waals surface area contributed by atoms with Gasteiger partial charge in [-0.05, 0) is 45.9 Å². The topological polar surface area (TPSA) is 93.5 Å². The maximum Gasteiger partial charge on any atom is 0.146 e. The van der Waals surface area contributed by atoms with E-state index in [0.29, 0.717) is 18.9 Å². The number of pyridine rings is 2. The van der Waals surface area contributed by atoms with Gasteiger partial charge in [0.25, 0.3) is 0 Å². The maximum absolute atomic E-state index is 5.78. The maximum atomic E-state index is 5.78. The fourth-order valence-corrected chi connectivity index (χ4v) is 3.37. The predicted molar refractivity (Wildman–Crippen MR) is 113 cm³/mol. The van der Waals surface area contributed by atoms with Gasteiger partial charge in [0.2, 0.25) is 0 Å². The number of nitrogens with zero attached hydrogens (tertiary/aromatic N) is 5. The first-order chi connectivity index (χ1) is 14.1. The van der Waals surface area contributed by atoms with Gasteiger partial charge in [0.15, 0.2) is 0 Å². The van der Waals surface area contributed by atoms with Crippen molar-refractivity contribution >= 4 is 16.7 Å². The Morgan fingerprint density at radius 2 is 2.14 bits per heavy atom. The smallest absolute Gasteiger partial charge is 0.146 e. The molecule has 0 saturated heterocycles. The van der Waals surface area contributed by atoms with Crippen LogP contribution in [0.2, 0.25) is 0 Å². The number of rotatable bonds is 7. The highest BCUT2D eigenvalue weighted by molar-refractivity contribution is 5.93. The number of anilines is 1. The molecule has 8 heteroatoms. The Bertz CT molecular complexity index is 1120. The second-order valence-corrected chi connectivity index (χ2v) is 7.10. The van der Waals surface area contributed by atoms with Crippen molar-refractivity contribution in [3.63, 3.8) is 0 Å². The number of hydrogen-bond acceptors (Lipinski definition) is 6. The van der Waals surface area contributed by atoms with E-state index < -0.39 is 0 Å². The molecule has 4 heterocycles. The summed E-state index contributed by atoms with van der Waals surface area (Å²) in [6, 6.07) is 6.14. The van der Waals surface area contributed by atoms with E-state index >= 15 is 0 Å². The van der Waals surface area contributed by atoms with Gasteiger partial charge in [-0.15, -0.1) is 0 Å².